The van der Waals surface area contributed by atoms with Crippen molar-refractivity contribution in [1.29, 1.82) is 0 Å². The molecule has 0 aliphatic carbocycles. The number of aromatic amines is 1. The van der Waals surface area contributed by atoms with Crippen molar-refractivity contribution >= 4 is 18.7 Å². The molecule has 0 aliphatic rings. The second-order valence-electron chi connectivity index (χ2n) is 4.75. The summed E-state index contributed by atoms with van der Waals surface area (Å²) in [5.41, 5.74) is 2.04. The minimum atomic E-state index is -4.52. The Hall–Kier alpha value is -1.33. The number of likely N-dealkylation sites (N-methyl/N-ethyl adjacent to an activating group) is 1. The van der Waals surface area contributed by atoms with Crippen molar-refractivity contribution in [2.75, 3.05) is 20.1 Å². The molecule has 7 heteroatoms. The van der Waals surface area contributed by atoms with Gasteiger partial charge in [0.2, 0.25) is 0 Å². The van der Waals surface area contributed by atoms with Gasteiger partial charge in [0.15, 0.2) is 0 Å². The predicted octanol–water partition coefficient (Wildman–Crippen LogP) is 2.13. The van der Waals surface area contributed by atoms with E-state index >= 15 is 0 Å². The van der Waals surface area contributed by atoms with E-state index in [1.807, 2.05) is 6.20 Å². The second-order valence-corrected chi connectivity index (χ2v) is 5.91. The summed E-state index contributed by atoms with van der Waals surface area (Å²) in [7, 11) is -2.46. The number of fused-ring (bicyclic) bond motifs is 1. The van der Waals surface area contributed by atoms with E-state index in [1.54, 1.807) is 18.2 Å². The molecule has 2 rings (SSSR count). The third kappa shape index (κ3) is 3.84. The fourth-order valence-electron chi connectivity index (χ4n) is 2.03. The summed E-state index contributed by atoms with van der Waals surface area (Å²) in [5.74, 6) is 0.176. The van der Waals surface area contributed by atoms with E-state index in [2.05, 4.69) is 28.4 Å². The van der Waals surface area contributed by atoms with Crippen molar-refractivity contribution in [2.45, 2.75) is 13.3 Å². The Bertz CT molecular complexity index is 634. The van der Waals surface area contributed by atoms with Gasteiger partial charge in [-0.25, -0.2) is 4.57 Å². The van der Waals surface area contributed by atoms with E-state index in [9.17, 15) is 4.57 Å². The maximum absolute atomic E-state index is 10.9. The first-order valence-electron chi connectivity index (χ1n) is 6.42. The van der Waals surface area contributed by atoms with Gasteiger partial charge in [-0.15, -0.1) is 0 Å². The molecule has 1 heterocycles. The van der Waals surface area contributed by atoms with Crippen molar-refractivity contribution in [1.82, 2.24) is 9.88 Å². The van der Waals surface area contributed by atoms with Gasteiger partial charge in [0.05, 0.1) is 0 Å². The number of benzene rings is 1. The van der Waals surface area contributed by atoms with Crippen LogP contribution >= 0.6 is 7.82 Å². The number of hydrogen-bond donors (Lipinski definition) is 3. The third-order valence-corrected chi connectivity index (χ3v) is 3.71. The Morgan fingerprint density at radius 2 is 2.15 bits per heavy atom. The topological polar surface area (TPSA) is 85.8 Å². The second kappa shape index (κ2) is 5.97. The monoisotopic (exact) mass is 298 g/mol. The highest BCUT2D eigenvalue weighted by atomic mass is 31.2. The zero-order valence-electron chi connectivity index (χ0n) is 11.5. The van der Waals surface area contributed by atoms with Crippen LogP contribution in [0, 0.1) is 0 Å². The molecular formula is C13H19N2O4P. The average molecular weight is 298 g/mol. The number of aromatic nitrogens is 1. The SMILES string of the molecule is CCN(C)CCc1c[nH]c2ccc(OP(=O)(O)O)cc12. The van der Waals surface area contributed by atoms with Crippen LogP contribution in [0.25, 0.3) is 10.9 Å². The molecule has 3 N–H and O–H groups in total. The minimum Gasteiger partial charge on any atom is -0.404 e. The lowest BCUT2D eigenvalue weighted by Gasteiger charge is -2.13. The van der Waals surface area contributed by atoms with Gasteiger partial charge < -0.3 is 14.4 Å². The summed E-state index contributed by atoms with van der Waals surface area (Å²) in [6.45, 7) is 4.00. The van der Waals surface area contributed by atoms with Gasteiger partial charge in [-0.05, 0) is 43.8 Å². The Balaban J connectivity index is 2.23. The van der Waals surface area contributed by atoms with Crippen LogP contribution < -0.4 is 4.52 Å². The van der Waals surface area contributed by atoms with E-state index in [-0.39, 0.29) is 5.75 Å². The third-order valence-electron chi connectivity index (χ3n) is 3.27. The first kappa shape index (κ1) is 15.1. The van der Waals surface area contributed by atoms with Crippen molar-refractivity contribution in [3.05, 3.63) is 30.0 Å². The van der Waals surface area contributed by atoms with E-state index in [1.165, 1.54) is 0 Å². The van der Waals surface area contributed by atoms with E-state index in [4.69, 9.17) is 9.79 Å². The van der Waals surface area contributed by atoms with Gasteiger partial charge in [-0.3, -0.25) is 9.79 Å². The Morgan fingerprint density at radius 3 is 2.80 bits per heavy atom. The molecule has 0 amide bonds. The first-order chi connectivity index (χ1) is 9.39. The highest BCUT2D eigenvalue weighted by Crippen LogP contribution is 2.38. The lowest BCUT2D eigenvalue weighted by atomic mass is 10.1. The van der Waals surface area contributed by atoms with Crippen molar-refractivity contribution in [2.24, 2.45) is 0 Å². The van der Waals surface area contributed by atoms with Crippen LogP contribution in [0.15, 0.2) is 24.4 Å². The minimum absolute atomic E-state index is 0.176. The summed E-state index contributed by atoms with van der Waals surface area (Å²) in [5, 5.41) is 0.931. The summed E-state index contributed by atoms with van der Waals surface area (Å²) in [4.78, 5) is 23.0. The molecule has 0 unspecified atom stereocenters. The quantitative estimate of drug-likeness (QED) is 0.711. The molecule has 0 atom stereocenters. The van der Waals surface area contributed by atoms with Crippen LogP contribution in [0.5, 0.6) is 5.75 Å². The Labute approximate surface area is 117 Å². The van der Waals surface area contributed by atoms with Gasteiger partial charge in [0, 0.05) is 23.6 Å². The summed E-state index contributed by atoms with van der Waals surface area (Å²) in [6.07, 6.45) is 2.79. The van der Waals surface area contributed by atoms with E-state index < -0.39 is 7.82 Å². The first-order valence-corrected chi connectivity index (χ1v) is 7.96. The maximum Gasteiger partial charge on any atom is 0.524 e. The molecule has 0 saturated heterocycles. The molecule has 0 saturated carbocycles. The fraction of sp³-hybridized carbons (Fsp3) is 0.385. The molecule has 0 fully saturated rings. The van der Waals surface area contributed by atoms with Crippen molar-refractivity contribution < 1.29 is 18.9 Å². The maximum atomic E-state index is 10.9. The predicted molar refractivity (Wildman–Crippen MR) is 77.8 cm³/mol. The zero-order valence-corrected chi connectivity index (χ0v) is 12.4. The lowest BCUT2D eigenvalue weighted by Crippen LogP contribution is -2.20. The molecule has 0 spiro atoms. The number of nitrogens with zero attached hydrogens (tertiary/aromatic N) is 1. The normalized spacial score (nSPS) is 12.2. The average Bonchev–Trinajstić information content (AvgIpc) is 2.76. The molecule has 6 nitrogen and oxygen atoms in total. The molecular weight excluding hydrogens is 279 g/mol. The molecule has 0 aliphatic heterocycles. The van der Waals surface area contributed by atoms with Crippen LogP contribution in [-0.2, 0) is 11.0 Å². The number of hydrogen-bond acceptors (Lipinski definition) is 3. The van der Waals surface area contributed by atoms with Crippen LogP contribution in [0.1, 0.15) is 12.5 Å². The van der Waals surface area contributed by atoms with Gasteiger partial charge in [-0.2, -0.15) is 0 Å². The zero-order chi connectivity index (χ0) is 14.8. The number of H-pyrrole nitrogens is 1. The molecule has 2 aromatic rings. The highest BCUT2D eigenvalue weighted by Gasteiger charge is 2.16. The number of phosphoric acid groups is 1. The highest BCUT2D eigenvalue weighted by molar-refractivity contribution is 7.46. The van der Waals surface area contributed by atoms with E-state index in [0.717, 1.165) is 36.0 Å². The van der Waals surface area contributed by atoms with Crippen LogP contribution in [0.3, 0.4) is 0 Å². The number of rotatable bonds is 6. The smallest absolute Gasteiger partial charge is 0.404 e. The van der Waals surface area contributed by atoms with E-state index in [0.29, 0.717) is 0 Å². The Morgan fingerprint density at radius 1 is 1.40 bits per heavy atom. The van der Waals surface area contributed by atoms with Crippen molar-refractivity contribution in [3.8, 4) is 5.75 Å². The molecule has 20 heavy (non-hydrogen) atoms. The summed E-state index contributed by atoms with van der Waals surface area (Å²) in [6, 6.07) is 4.96. The number of phosphoric ester groups is 1. The van der Waals surface area contributed by atoms with Crippen LogP contribution in [0.2, 0.25) is 0 Å². The molecule has 0 radical (unpaired) electrons. The van der Waals surface area contributed by atoms with Gasteiger partial charge in [0.1, 0.15) is 5.75 Å². The lowest BCUT2D eigenvalue weighted by molar-refractivity contribution is 0.283. The molecule has 1 aromatic heterocycles. The standard InChI is InChI=1S/C13H19N2O4P/c1-3-15(2)7-6-10-9-14-13-5-4-11(8-12(10)13)19-20(16,17)18/h4-5,8-9,14H,3,6-7H2,1-2H3,(H2,16,17,18). The Kier molecular flexibility index (Phi) is 4.50. The molecule has 110 valence electrons. The molecule has 1 aromatic carbocycles. The summed E-state index contributed by atoms with van der Waals surface area (Å²) < 4.78 is 15.5. The van der Waals surface area contributed by atoms with Crippen molar-refractivity contribution in [3.63, 3.8) is 0 Å². The largest absolute Gasteiger partial charge is 0.524 e. The fourth-order valence-corrected chi connectivity index (χ4v) is 2.42. The van der Waals surface area contributed by atoms with Crippen LogP contribution in [-0.4, -0.2) is 39.8 Å². The van der Waals surface area contributed by atoms with Crippen LogP contribution in [0.4, 0.5) is 0 Å². The van der Waals surface area contributed by atoms with Gasteiger partial charge in [0.25, 0.3) is 0 Å². The van der Waals surface area contributed by atoms with Gasteiger partial charge >= 0.3 is 7.82 Å². The summed E-state index contributed by atoms with van der Waals surface area (Å²) >= 11 is 0. The van der Waals surface area contributed by atoms with Gasteiger partial charge in [-0.1, -0.05) is 6.92 Å². The molecule has 0 bridgehead atoms. The number of nitrogens with one attached hydrogen (secondary N) is 1.